The standard InChI is InChI=1S/C12H10N4S/c13-7-9-1-4-14-15-12(9)16-5-2-11-10(8-16)3-6-17-11/h1,3-4,6H,2,5,8H2. The van der Waals surface area contributed by atoms with E-state index >= 15 is 0 Å². The van der Waals surface area contributed by atoms with Gasteiger partial charge in [-0.25, -0.2) is 0 Å². The smallest absolute Gasteiger partial charge is 0.169 e. The summed E-state index contributed by atoms with van der Waals surface area (Å²) in [5.74, 6) is 0.701. The van der Waals surface area contributed by atoms with Gasteiger partial charge in [0.25, 0.3) is 0 Å². The molecule has 0 unspecified atom stereocenters. The van der Waals surface area contributed by atoms with Crippen molar-refractivity contribution < 1.29 is 0 Å². The summed E-state index contributed by atoms with van der Waals surface area (Å²) in [5, 5.41) is 19.1. The summed E-state index contributed by atoms with van der Waals surface area (Å²) in [6.45, 7) is 1.73. The molecule has 0 fully saturated rings. The number of hydrogen-bond acceptors (Lipinski definition) is 5. The third kappa shape index (κ3) is 1.77. The Labute approximate surface area is 103 Å². The summed E-state index contributed by atoms with van der Waals surface area (Å²) in [5.41, 5.74) is 1.94. The highest BCUT2D eigenvalue weighted by Crippen LogP contribution is 2.27. The maximum Gasteiger partial charge on any atom is 0.169 e. The van der Waals surface area contributed by atoms with E-state index < -0.39 is 0 Å². The number of thiophene rings is 1. The molecule has 0 saturated carbocycles. The van der Waals surface area contributed by atoms with Crippen LogP contribution in [-0.4, -0.2) is 16.7 Å². The summed E-state index contributed by atoms with van der Waals surface area (Å²) < 4.78 is 0. The summed E-state index contributed by atoms with van der Waals surface area (Å²) in [4.78, 5) is 3.57. The molecule has 0 saturated heterocycles. The van der Waals surface area contributed by atoms with Gasteiger partial charge in [0, 0.05) is 18.0 Å². The van der Waals surface area contributed by atoms with Gasteiger partial charge in [-0.05, 0) is 29.5 Å². The fraction of sp³-hybridized carbons (Fsp3) is 0.250. The number of hydrogen-bond donors (Lipinski definition) is 0. The van der Waals surface area contributed by atoms with Crippen molar-refractivity contribution in [3.05, 3.63) is 39.7 Å². The Bertz CT molecular complexity index is 584. The van der Waals surface area contributed by atoms with Crippen LogP contribution in [0.4, 0.5) is 5.82 Å². The van der Waals surface area contributed by atoms with Gasteiger partial charge in [-0.15, -0.1) is 16.4 Å². The van der Waals surface area contributed by atoms with Gasteiger partial charge in [-0.1, -0.05) is 0 Å². The number of fused-ring (bicyclic) bond motifs is 1. The molecule has 0 bridgehead atoms. The van der Waals surface area contributed by atoms with Crippen molar-refractivity contribution in [1.82, 2.24) is 10.2 Å². The van der Waals surface area contributed by atoms with Crippen LogP contribution in [0.25, 0.3) is 0 Å². The normalized spacial score (nSPS) is 14.2. The molecule has 84 valence electrons. The van der Waals surface area contributed by atoms with E-state index in [1.54, 1.807) is 23.6 Å². The Balaban J connectivity index is 1.95. The molecule has 0 radical (unpaired) electrons. The summed E-state index contributed by atoms with van der Waals surface area (Å²) in [6.07, 6.45) is 2.58. The molecule has 2 aromatic heterocycles. The molecule has 17 heavy (non-hydrogen) atoms. The molecule has 0 aliphatic carbocycles. The topological polar surface area (TPSA) is 52.8 Å². The molecule has 1 aliphatic heterocycles. The summed E-state index contributed by atoms with van der Waals surface area (Å²) in [7, 11) is 0. The molecule has 0 amide bonds. The predicted molar refractivity (Wildman–Crippen MR) is 65.8 cm³/mol. The molecule has 2 aromatic rings. The van der Waals surface area contributed by atoms with Crippen molar-refractivity contribution in [1.29, 1.82) is 5.26 Å². The van der Waals surface area contributed by atoms with Gasteiger partial charge in [-0.3, -0.25) is 0 Å². The van der Waals surface area contributed by atoms with Crippen molar-refractivity contribution in [2.24, 2.45) is 0 Å². The fourth-order valence-corrected chi connectivity index (χ4v) is 2.96. The highest BCUT2D eigenvalue weighted by atomic mass is 32.1. The van der Waals surface area contributed by atoms with Gasteiger partial charge in [0.2, 0.25) is 0 Å². The maximum atomic E-state index is 9.06. The molecular formula is C12H10N4S. The molecule has 5 heteroatoms. The minimum absolute atomic E-state index is 0.596. The second kappa shape index (κ2) is 4.15. The van der Waals surface area contributed by atoms with E-state index in [0.717, 1.165) is 19.5 Å². The molecule has 0 atom stereocenters. The lowest BCUT2D eigenvalue weighted by Crippen LogP contribution is -2.30. The molecule has 0 N–H and O–H groups in total. The van der Waals surface area contributed by atoms with Crippen LogP contribution in [0.2, 0.25) is 0 Å². The lowest BCUT2D eigenvalue weighted by Gasteiger charge is -2.27. The summed E-state index contributed by atoms with van der Waals surface area (Å²) in [6, 6.07) is 6.03. The first-order valence-electron chi connectivity index (χ1n) is 5.40. The Kier molecular flexibility index (Phi) is 2.50. The number of rotatable bonds is 1. The number of aromatic nitrogens is 2. The first kappa shape index (κ1) is 10.2. The van der Waals surface area contributed by atoms with E-state index in [4.69, 9.17) is 5.26 Å². The zero-order valence-electron chi connectivity index (χ0n) is 9.13. The second-order valence-electron chi connectivity index (χ2n) is 3.92. The Morgan fingerprint density at radius 2 is 2.35 bits per heavy atom. The molecule has 4 nitrogen and oxygen atoms in total. The zero-order chi connectivity index (χ0) is 11.7. The van der Waals surface area contributed by atoms with Crippen LogP contribution in [-0.2, 0) is 13.0 Å². The van der Waals surface area contributed by atoms with E-state index in [1.165, 1.54) is 10.4 Å². The molecule has 3 rings (SSSR count). The van der Waals surface area contributed by atoms with E-state index in [2.05, 4.69) is 32.6 Å². The van der Waals surface area contributed by atoms with Gasteiger partial charge in [-0.2, -0.15) is 10.4 Å². The number of nitrogens with zero attached hydrogens (tertiary/aromatic N) is 4. The van der Waals surface area contributed by atoms with Gasteiger partial charge < -0.3 is 4.90 Å². The average Bonchev–Trinajstić information content (AvgIpc) is 2.85. The maximum absolute atomic E-state index is 9.06. The van der Waals surface area contributed by atoms with Crippen molar-refractivity contribution in [2.45, 2.75) is 13.0 Å². The second-order valence-corrected chi connectivity index (χ2v) is 4.92. The fourth-order valence-electron chi connectivity index (χ4n) is 2.07. The van der Waals surface area contributed by atoms with Crippen LogP contribution >= 0.6 is 11.3 Å². The average molecular weight is 242 g/mol. The predicted octanol–water partition coefficient (Wildman–Crippen LogP) is 1.97. The van der Waals surface area contributed by atoms with Crippen LogP contribution in [0.15, 0.2) is 23.7 Å². The molecule has 1 aliphatic rings. The molecule has 3 heterocycles. The van der Waals surface area contributed by atoms with E-state index in [9.17, 15) is 0 Å². The highest BCUT2D eigenvalue weighted by Gasteiger charge is 2.20. The first-order valence-corrected chi connectivity index (χ1v) is 6.28. The molecular weight excluding hydrogens is 232 g/mol. The van der Waals surface area contributed by atoms with E-state index in [1.807, 2.05) is 0 Å². The van der Waals surface area contributed by atoms with Gasteiger partial charge >= 0.3 is 0 Å². The summed E-state index contributed by atoms with van der Waals surface area (Å²) >= 11 is 1.80. The van der Waals surface area contributed by atoms with E-state index in [-0.39, 0.29) is 0 Å². The first-order chi connectivity index (χ1) is 8.38. The third-order valence-electron chi connectivity index (χ3n) is 2.93. The van der Waals surface area contributed by atoms with Crippen molar-refractivity contribution in [2.75, 3.05) is 11.4 Å². The van der Waals surface area contributed by atoms with Gasteiger partial charge in [0.05, 0.1) is 11.8 Å². The number of nitriles is 1. The number of anilines is 1. The molecule has 0 spiro atoms. The molecule has 0 aromatic carbocycles. The van der Waals surface area contributed by atoms with Crippen LogP contribution in [0.5, 0.6) is 0 Å². The van der Waals surface area contributed by atoms with Crippen LogP contribution in [0.1, 0.15) is 16.0 Å². The van der Waals surface area contributed by atoms with Crippen molar-refractivity contribution in [3.63, 3.8) is 0 Å². The van der Waals surface area contributed by atoms with Gasteiger partial charge in [0.15, 0.2) is 5.82 Å². The lowest BCUT2D eigenvalue weighted by atomic mass is 10.1. The highest BCUT2D eigenvalue weighted by molar-refractivity contribution is 7.10. The largest absolute Gasteiger partial charge is 0.349 e. The van der Waals surface area contributed by atoms with Crippen LogP contribution in [0.3, 0.4) is 0 Å². The Morgan fingerprint density at radius 1 is 1.41 bits per heavy atom. The van der Waals surface area contributed by atoms with Crippen LogP contribution in [0, 0.1) is 11.3 Å². The minimum Gasteiger partial charge on any atom is -0.349 e. The SMILES string of the molecule is N#Cc1ccnnc1N1CCc2sccc2C1. The van der Waals surface area contributed by atoms with Crippen molar-refractivity contribution in [3.8, 4) is 6.07 Å². The van der Waals surface area contributed by atoms with Crippen LogP contribution < -0.4 is 4.90 Å². The van der Waals surface area contributed by atoms with E-state index in [0.29, 0.717) is 11.4 Å². The lowest BCUT2D eigenvalue weighted by molar-refractivity contribution is 0.721. The Morgan fingerprint density at radius 3 is 3.24 bits per heavy atom. The minimum atomic E-state index is 0.596. The quantitative estimate of drug-likeness (QED) is 0.767. The van der Waals surface area contributed by atoms with Crippen molar-refractivity contribution >= 4 is 17.2 Å². The Hall–Kier alpha value is -1.93. The third-order valence-corrected chi connectivity index (χ3v) is 3.95. The zero-order valence-corrected chi connectivity index (χ0v) is 9.94. The van der Waals surface area contributed by atoms with Gasteiger partial charge in [0.1, 0.15) is 6.07 Å². The monoisotopic (exact) mass is 242 g/mol.